The van der Waals surface area contributed by atoms with Crippen LogP contribution in [-0.4, -0.2) is 41.5 Å². The summed E-state index contributed by atoms with van der Waals surface area (Å²) < 4.78 is 10.7. The van der Waals surface area contributed by atoms with Crippen molar-refractivity contribution in [2.45, 2.75) is 19.4 Å². The first kappa shape index (κ1) is 17.9. The molecule has 0 saturated heterocycles. The molecule has 26 heavy (non-hydrogen) atoms. The van der Waals surface area contributed by atoms with Gasteiger partial charge in [0.15, 0.2) is 11.5 Å². The van der Waals surface area contributed by atoms with Crippen molar-refractivity contribution in [1.82, 2.24) is 15.2 Å². The minimum Gasteiger partial charge on any atom is -0.493 e. The first-order chi connectivity index (χ1) is 12.4. The average molecular weight is 353 g/mol. The van der Waals surface area contributed by atoms with E-state index in [9.17, 15) is 0 Å². The van der Waals surface area contributed by atoms with Crippen molar-refractivity contribution < 1.29 is 9.47 Å². The number of nitrogens with zero attached hydrogens (tertiary/aromatic N) is 3. The highest BCUT2D eigenvalue weighted by molar-refractivity contribution is 5.95. The van der Waals surface area contributed by atoms with E-state index in [0.717, 1.165) is 27.8 Å². The first-order valence-corrected chi connectivity index (χ1v) is 8.28. The minimum absolute atomic E-state index is 0.304. The van der Waals surface area contributed by atoms with Crippen LogP contribution in [0.3, 0.4) is 0 Å². The number of fused-ring (bicyclic) bond motifs is 1. The van der Waals surface area contributed by atoms with Crippen molar-refractivity contribution in [1.29, 1.82) is 0 Å². The molecule has 7 heteroatoms. The van der Waals surface area contributed by atoms with Crippen LogP contribution in [0.1, 0.15) is 13.8 Å². The van der Waals surface area contributed by atoms with Crippen LogP contribution in [0.25, 0.3) is 22.0 Å². The van der Waals surface area contributed by atoms with Crippen molar-refractivity contribution >= 4 is 16.7 Å². The summed E-state index contributed by atoms with van der Waals surface area (Å²) in [5.74, 6) is 2.04. The maximum absolute atomic E-state index is 5.99. The highest BCUT2D eigenvalue weighted by Crippen LogP contribution is 2.35. The van der Waals surface area contributed by atoms with Crippen LogP contribution in [0.15, 0.2) is 36.7 Å². The molecule has 0 amide bonds. The maximum atomic E-state index is 5.99. The summed E-state index contributed by atoms with van der Waals surface area (Å²) >= 11 is 0. The van der Waals surface area contributed by atoms with E-state index in [-0.39, 0.29) is 5.54 Å². The molecular formula is C19H23N5O2. The van der Waals surface area contributed by atoms with Gasteiger partial charge in [0.05, 0.1) is 25.9 Å². The lowest BCUT2D eigenvalue weighted by molar-refractivity contribution is 0.356. The standard InChI is InChI=1S/C19H23N5O2/c1-19(2,20)11-22-18-6-5-12(9-21-18)14-10-23-24-15-8-17(26-4)16(25-3)7-13(14)15/h5-10H,11,20H2,1-4H3,(H,21,22). The van der Waals surface area contributed by atoms with E-state index in [2.05, 4.69) is 20.5 Å². The van der Waals surface area contributed by atoms with E-state index in [1.165, 1.54) is 0 Å². The van der Waals surface area contributed by atoms with E-state index in [1.807, 2.05) is 38.1 Å². The summed E-state index contributed by atoms with van der Waals surface area (Å²) in [5.41, 5.74) is 8.28. The number of ether oxygens (including phenoxy) is 2. The van der Waals surface area contributed by atoms with Crippen LogP contribution < -0.4 is 20.5 Å². The van der Waals surface area contributed by atoms with Crippen LogP contribution in [0.4, 0.5) is 5.82 Å². The number of anilines is 1. The van der Waals surface area contributed by atoms with Crippen molar-refractivity contribution in [2.24, 2.45) is 5.73 Å². The predicted molar refractivity (Wildman–Crippen MR) is 103 cm³/mol. The number of benzene rings is 1. The van der Waals surface area contributed by atoms with E-state index >= 15 is 0 Å². The smallest absolute Gasteiger partial charge is 0.162 e. The van der Waals surface area contributed by atoms with Gasteiger partial charge < -0.3 is 20.5 Å². The van der Waals surface area contributed by atoms with E-state index in [1.54, 1.807) is 26.6 Å². The summed E-state index contributed by atoms with van der Waals surface area (Å²) in [6.07, 6.45) is 3.53. The molecule has 0 unspecified atom stereocenters. The fraction of sp³-hybridized carbons (Fsp3) is 0.316. The summed E-state index contributed by atoms with van der Waals surface area (Å²) in [4.78, 5) is 4.47. The number of nitrogens with one attached hydrogen (secondary N) is 1. The van der Waals surface area contributed by atoms with Gasteiger partial charge in [0.25, 0.3) is 0 Å². The Bertz CT molecular complexity index is 904. The zero-order valence-electron chi connectivity index (χ0n) is 15.4. The van der Waals surface area contributed by atoms with Gasteiger partial charge in [-0.25, -0.2) is 4.98 Å². The number of pyridine rings is 1. The zero-order valence-corrected chi connectivity index (χ0v) is 15.4. The molecular weight excluding hydrogens is 330 g/mol. The second-order valence-electron chi connectivity index (χ2n) is 6.76. The SMILES string of the molecule is COc1cc2nncc(-c3ccc(NCC(C)(C)N)nc3)c2cc1OC. The highest BCUT2D eigenvalue weighted by atomic mass is 16.5. The molecule has 0 bridgehead atoms. The van der Waals surface area contributed by atoms with E-state index in [4.69, 9.17) is 15.2 Å². The first-order valence-electron chi connectivity index (χ1n) is 8.28. The number of nitrogens with two attached hydrogens (primary N) is 1. The molecule has 1 aromatic carbocycles. The average Bonchev–Trinajstić information content (AvgIpc) is 2.64. The Morgan fingerprint density at radius 2 is 1.81 bits per heavy atom. The molecule has 3 N–H and O–H groups in total. The van der Waals surface area contributed by atoms with E-state index < -0.39 is 0 Å². The molecule has 7 nitrogen and oxygen atoms in total. The molecule has 0 aliphatic heterocycles. The summed E-state index contributed by atoms with van der Waals surface area (Å²) in [5, 5.41) is 12.5. The second kappa shape index (κ2) is 7.13. The number of aromatic nitrogens is 3. The third-order valence-corrected chi connectivity index (χ3v) is 3.94. The molecule has 0 aliphatic rings. The normalized spacial score (nSPS) is 11.4. The molecule has 0 saturated carbocycles. The molecule has 0 fully saturated rings. The number of methoxy groups -OCH3 is 2. The lowest BCUT2D eigenvalue weighted by atomic mass is 10.0. The molecule has 2 aromatic heterocycles. The molecule has 2 heterocycles. The van der Waals surface area contributed by atoms with Crippen molar-refractivity contribution in [3.63, 3.8) is 0 Å². The Morgan fingerprint density at radius 3 is 2.42 bits per heavy atom. The molecule has 3 rings (SSSR count). The fourth-order valence-electron chi connectivity index (χ4n) is 2.59. The number of hydrogen-bond acceptors (Lipinski definition) is 7. The molecule has 136 valence electrons. The second-order valence-corrected chi connectivity index (χ2v) is 6.76. The van der Waals surface area contributed by atoms with Crippen LogP contribution in [0.2, 0.25) is 0 Å². The van der Waals surface area contributed by atoms with Crippen LogP contribution in [-0.2, 0) is 0 Å². The summed E-state index contributed by atoms with van der Waals surface area (Å²) in [6, 6.07) is 7.64. The van der Waals surface area contributed by atoms with Gasteiger partial charge >= 0.3 is 0 Å². The van der Waals surface area contributed by atoms with Crippen molar-refractivity contribution in [3.8, 4) is 22.6 Å². The molecule has 0 radical (unpaired) electrons. The summed E-state index contributed by atoms with van der Waals surface area (Å²) in [7, 11) is 3.21. The van der Waals surface area contributed by atoms with Gasteiger partial charge in [-0.3, -0.25) is 0 Å². The quantitative estimate of drug-likeness (QED) is 0.703. The van der Waals surface area contributed by atoms with Crippen LogP contribution in [0.5, 0.6) is 11.5 Å². The predicted octanol–water partition coefficient (Wildman–Crippen LogP) is 2.86. The topological polar surface area (TPSA) is 95.2 Å². The third kappa shape index (κ3) is 3.83. The fourth-order valence-corrected chi connectivity index (χ4v) is 2.59. The maximum Gasteiger partial charge on any atom is 0.162 e. The van der Waals surface area contributed by atoms with Gasteiger partial charge in [-0.2, -0.15) is 10.2 Å². The molecule has 0 aliphatic carbocycles. The number of hydrogen-bond donors (Lipinski definition) is 2. The van der Waals surface area contributed by atoms with Crippen LogP contribution >= 0.6 is 0 Å². The van der Waals surface area contributed by atoms with Gasteiger partial charge in [-0.1, -0.05) is 0 Å². The monoisotopic (exact) mass is 353 g/mol. The molecule has 0 spiro atoms. The van der Waals surface area contributed by atoms with Crippen molar-refractivity contribution in [2.75, 3.05) is 26.1 Å². The Kier molecular flexibility index (Phi) is 4.90. The highest BCUT2D eigenvalue weighted by Gasteiger charge is 2.13. The molecule has 0 atom stereocenters. The Hall–Kier alpha value is -2.93. The number of rotatable bonds is 6. The Labute approximate surface area is 152 Å². The van der Waals surface area contributed by atoms with Gasteiger partial charge in [0, 0.05) is 40.9 Å². The van der Waals surface area contributed by atoms with Crippen LogP contribution in [0, 0.1) is 0 Å². The van der Waals surface area contributed by atoms with Crippen molar-refractivity contribution in [3.05, 3.63) is 36.7 Å². The Morgan fingerprint density at radius 1 is 1.08 bits per heavy atom. The lowest BCUT2D eigenvalue weighted by Crippen LogP contribution is -2.39. The van der Waals surface area contributed by atoms with Gasteiger partial charge in [0.2, 0.25) is 0 Å². The largest absolute Gasteiger partial charge is 0.493 e. The van der Waals surface area contributed by atoms with Gasteiger partial charge in [-0.05, 0) is 32.0 Å². The van der Waals surface area contributed by atoms with Gasteiger partial charge in [0.1, 0.15) is 5.82 Å². The lowest BCUT2D eigenvalue weighted by Gasteiger charge is -2.19. The Balaban J connectivity index is 1.97. The van der Waals surface area contributed by atoms with Gasteiger partial charge in [-0.15, -0.1) is 0 Å². The van der Waals surface area contributed by atoms with E-state index in [0.29, 0.717) is 18.0 Å². The molecule has 3 aromatic rings. The third-order valence-electron chi connectivity index (χ3n) is 3.94. The zero-order chi connectivity index (χ0) is 18.7. The minimum atomic E-state index is -0.304. The summed E-state index contributed by atoms with van der Waals surface area (Å²) in [6.45, 7) is 4.56.